The fraction of sp³-hybridized carbons (Fsp3) is 0.455. The molecule has 244 valence electrons. The lowest BCUT2D eigenvalue weighted by Crippen LogP contribution is -2.58. The highest BCUT2D eigenvalue weighted by Crippen LogP contribution is 2.29. The SMILES string of the molecule is N#Cc1cc(-c2ncnc(Nc3ccc(N4CCN5CCOCC5C4)cc3)n2)ccc1O[C@H]1CCN(C(=O)C2CCC(=O)N2)C[C@H]1F. The van der Waals surface area contributed by atoms with Gasteiger partial charge in [0.1, 0.15) is 30.3 Å². The number of nitrogens with zero attached hydrogens (tertiary/aromatic N) is 7. The van der Waals surface area contributed by atoms with Crippen molar-refractivity contribution >= 4 is 29.1 Å². The second-order valence-electron chi connectivity index (χ2n) is 12.2. The van der Waals surface area contributed by atoms with Gasteiger partial charge in [-0.3, -0.25) is 14.5 Å². The minimum atomic E-state index is -1.45. The molecule has 2 amide bonds. The van der Waals surface area contributed by atoms with Crippen LogP contribution in [0.3, 0.4) is 0 Å². The number of likely N-dealkylation sites (tertiary alicyclic amines) is 1. The number of hydrogen-bond acceptors (Lipinski definition) is 11. The number of aromatic nitrogens is 3. The summed E-state index contributed by atoms with van der Waals surface area (Å²) in [7, 11) is 0. The number of rotatable bonds is 7. The Kier molecular flexibility index (Phi) is 8.82. The van der Waals surface area contributed by atoms with Gasteiger partial charge in [-0.2, -0.15) is 10.2 Å². The van der Waals surface area contributed by atoms with Crippen LogP contribution in [0.5, 0.6) is 5.75 Å². The first kappa shape index (κ1) is 30.8. The predicted molar refractivity (Wildman–Crippen MR) is 170 cm³/mol. The molecule has 4 atom stereocenters. The first-order valence-electron chi connectivity index (χ1n) is 16.0. The van der Waals surface area contributed by atoms with Gasteiger partial charge in [0.05, 0.1) is 31.4 Å². The Morgan fingerprint density at radius 3 is 2.74 bits per heavy atom. The zero-order chi connectivity index (χ0) is 32.3. The van der Waals surface area contributed by atoms with Crippen molar-refractivity contribution in [2.75, 3.05) is 62.7 Å². The Labute approximate surface area is 271 Å². The minimum Gasteiger partial charge on any atom is -0.486 e. The topological polar surface area (TPSA) is 149 Å². The maximum Gasteiger partial charge on any atom is 0.245 e. The third-order valence-electron chi connectivity index (χ3n) is 9.22. The molecule has 2 aromatic carbocycles. The highest BCUT2D eigenvalue weighted by molar-refractivity contribution is 5.90. The molecule has 4 saturated heterocycles. The summed E-state index contributed by atoms with van der Waals surface area (Å²) in [6.45, 7) is 5.70. The molecule has 0 spiro atoms. The number of alkyl halides is 1. The van der Waals surface area contributed by atoms with Gasteiger partial charge in [-0.15, -0.1) is 0 Å². The third-order valence-corrected chi connectivity index (χ3v) is 9.22. The van der Waals surface area contributed by atoms with E-state index >= 15 is 4.39 Å². The number of carbonyl (C=O) groups excluding carboxylic acids is 2. The van der Waals surface area contributed by atoms with Gasteiger partial charge in [-0.1, -0.05) is 0 Å². The predicted octanol–water partition coefficient (Wildman–Crippen LogP) is 2.27. The lowest BCUT2D eigenvalue weighted by molar-refractivity contribution is -0.138. The van der Waals surface area contributed by atoms with Gasteiger partial charge in [0.15, 0.2) is 12.0 Å². The molecule has 14 heteroatoms. The Hall–Kier alpha value is -4.87. The number of halogens is 1. The van der Waals surface area contributed by atoms with Crippen molar-refractivity contribution in [3.63, 3.8) is 0 Å². The summed E-state index contributed by atoms with van der Waals surface area (Å²) < 4.78 is 26.8. The van der Waals surface area contributed by atoms with Gasteiger partial charge in [0, 0.05) is 62.5 Å². The molecular weight excluding hydrogens is 605 g/mol. The van der Waals surface area contributed by atoms with Crippen LogP contribution in [0.25, 0.3) is 11.4 Å². The molecular formula is C33H36FN9O4. The van der Waals surface area contributed by atoms with Gasteiger partial charge in [0.25, 0.3) is 0 Å². The lowest BCUT2D eigenvalue weighted by atomic mass is 10.0. The van der Waals surface area contributed by atoms with Crippen LogP contribution in [0.1, 0.15) is 24.8 Å². The number of piperazine rings is 1. The van der Waals surface area contributed by atoms with E-state index in [1.807, 2.05) is 12.1 Å². The Morgan fingerprint density at radius 2 is 1.96 bits per heavy atom. The molecule has 1 aromatic heterocycles. The van der Waals surface area contributed by atoms with Crippen LogP contribution >= 0.6 is 0 Å². The highest BCUT2D eigenvalue weighted by Gasteiger charge is 2.38. The van der Waals surface area contributed by atoms with Gasteiger partial charge >= 0.3 is 0 Å². The van der Waals surface area contributed by atoms with Crippen molar-refractivity contribution in [2.45, 2.75) is 43.6 Å². The van der Waals surface area contributed by atoms with Crippen molar-refractivity contribution < 1.29 is 23.5 Å². The Morgan fingerprint density at radius 1 is 1.09 bits per heavy atom. The number of carbonyl (C=O) groups is 2. The number of nitriles is 1. The molecule has 5 heterocycles. The van der Waals surface area contributed by atoms with E-state index in [4.69, 9.17) is 9.47 Å². The van der Waals surface area contributed by atoms with Gasteiger partial charge in [-0.05, 0) is 48.9 Å². The lowest BCUT2D eigenvalue weighted by Gasteiger charge is -2.44. The summed E-state index contributed by atoms with van der Waals surface area (Å²) in [6, 6.07) is 15.0. The van der Waals surface area contributed by atoms with Crippen molar-refractivity contribution in [1.29, 1.82) is 5.26 Å². The quantitative estimate of drug-likeness (QED) is 0.391. The van der Waals surface area contributed by atoms with Gasteiger partial charge < -0.3 is 29.9 Å². The van der Waals surface area contributed by atoms with Crippen LogP contribution in [0.4, 0.5) is 21.7 Å². The van der Waals surface area contributed by atoms with Crippen LogP contribution in [0.2, 0.25) is 0 Å². The van der Waals surface area contributed by atoms with Crippen LogP contribution in [0, 0.1) is 11.3 Å². The normalized spacial score (nSPS) is 24.6. The van der Waals surface area contributed by atoms with E-state index in [1.54, 1.807) is 18.2 Å². The number of hydrogen-bond donors (Lipinski definition) is 2. The maximum atomic E-state index is 15.2. The number of fused-ring (bicyclic) bond motifs is 1. The number of piperidine rings is 1. The molecule has 2 unspecified atom stereocenters. The van der Waals surface area contributed by atoms with E-state index in [9.17, 15) is 14.9 Å². The Bertz CT molecular complexity index is 1670. The zero-order valence-corrected chi connectivity index (χ0v) is 25.8. The fourth-order valence-corrected chi connectivity index (χ4v) is 6.62. The maximum absolute atomic E-state index is 15.2. The second-order valence-corrected chi connectivity index (χ2v) is 12.2. The first-order valence-corrected chi connectivity index (χ1v) is 16.0. The molecule has 2 N–H and O–H groups in total. The summed E-state index contributed by atoms with van der Waals surface area (Å²) in [6.07, 6.45) is 0.119. The highest BCUT2D eigenvalue weighted by atomic mass is 19.1. The summed E-state index contributed by atoms with van der Waals surface area (Å²) >= 11 is 0. The van der Waals surface area contributed by atoms with Crippen LogP contribution in [0.15, 0.2) is 48.8 Å². The summed E-state index contributed by atoms with van der Waals surface area (Å²) in [5.41, 5.74) is 2.78. The van der Waals surface area contributed by atoms with Crippen LogP contribution < -0.4 is 20.3 Å². The van der Waals surface area contributed by atoms with E-state index < -0.39 is 18.3 Å². The van der Waals surface area contributed by atoms with Gasteiger partial charge in [0.2, 0.25) is 17.8 Å². The molecule has 4 aliphatic heterocycles. The van der Waals surface area contributed by atoms with E-state index in [1.165, 1.54) is 11.2 Å². The minimum absolute atomic E-state index is 0.133. The smallest absolute Gasteiger partial charge is 0.245 e. The summed E-state index contributed by atoms with van der Waals surface area (Å²) in [5, 5.41) is 15.8. The molecule has 4 aliphatic rings. The van der Waals surface area contributed by atoms with E-state index in [2.05, 4.69) is 53.6 Å². The second kappa shape index (κ2) is 13.5. The number of nitrogens with one attached hydrogen (secondary N) is 2. The summed E-state index contributed by atoms with van der Waals surface area (Å²) in [4.78, 5) is 43.6. The molecule has 0 saturated carbocycles. The fourth-order valence-electron chi connectivity index (χ4n) is 6.62. The molecule has 0 aliphatic carbocycles. The number of amides is 2. The molecule has 0 bridgehead atoms. The van der Waals surface area contributed by atoms with Gasteiger partial charge in [-0.25, -0.2) is 14.4 Å². The molecule has 0 radical (unpaired) electrons. The van der Waals surface area contributed by atoms with E-state index in [0.717, 1.165) is 50.8 Å². The van der Waals surface area contributed by atoms with E-state index in [0.29, 0.717) is 42.8 Å². The van der Waals surface area contributed by atoms with Crippen LogP contribution in [-0.4, -0.2) is 113 Å². The van der Waals surface area contributed by atoms with Crippen molar-refractivity contribution in [3.8, 4) is 23.2 Å². The monoisotopic (exact) mass is 641 g/mol. The molecule has 3 aromatic rings. The standard InChI is InChI=1S/C33H36FN9O4/c34-26-18-43(32(45)27-6-8-30(44)39-27)10-9-29(26)47-28-7-1-21(15-22(28)16-35)31-36-20-37-33(40-31)38-23-2-4-24(5-3-23)42-12-11-41-13-14-46-19-25(41)17-42/h1-5,7,15,20,25-27,29H,6,8-14,17-19H2,(H,39,44)(H,36,37,38,40)/t25?,26-,27?,29+/m1/s1. The average molecular weight is 642 g/mol. The van der Waals surface area contributed by atoms with Crippen molar-refractivity contribution in [2.24, 2.45) is 0 Å². The average Bonchev–Trinajstić information content (AvgIpc) is 3.55. The molecule has 4 fully saturated rings. The number of benzene rings is 2. The zero-order valence-electron chi connectivity index (χ0n) is 25.8. The van der Waals surface area contributed by atoms with Crippen molar-refractivity contribution in [1.82, 2.24) is 30.1 Å². The van der Waals surface area contributed by atoms with Crippen molar-refractivity contribution in [3.05, 3.63) is 54.4 Å². The van der Waals surface area contributed by atoms with Crippen LogP contribution in [-0.2, 0) is 14.3 Å². The Balaban J connectivity index is 0.971. The molecule has 47 heavy (non-hydrogen) atoms. The largest absolute Gasteiger partial charge is 0.486 e. The third kappa shape index (κ3) is 6.81. The molecule has 7 rings (SSSR count). The van der Waals surface area contributed by atoms with E-state index in [-0.39, 0.29) is 36.1 Å². The number of ether oxygens (including phenoxy) is 2. The number of morpholine rings is 1. The number of anilines is 3. The summed E-state index contributed by atoms with van der Waals surface area (Å²) in [5.74, 6) is 0.529. The first-order chi connectivity index (χ1) is 22.9. The molecule has 13 nitrogen and oxygen atoms in total.